The van der Waals surface area contributed by atoms with Crippen molar-refractivity contribution in [2.75, 3.05) is 6.54 Å². The minimum Gasteiger partial charge on any atom is -0.328 e. The van der Waals surface area contributed by atoms with Gasteiger partial charge in [0.05, 0.1) is 0 Å². The fraction of sp³-hybridized carbons (Fsp3) is 1.00. The Balaban J connectivity index is 2.47. The van der Waals surface area contributed by atoms with E-state index in [-0.39, 0.29) is 0 Å². The van der Waals surface area contributed by atoms with Gasteiger partial charge in [-0.1, -0.05) is 13.8 Å². The summed E-state index contributed by atoms with van der Waals surface area (Å²) < 4.78 is 0. The first-order valence-electron chi connectivity index (χ1n) is 6.70. The predicted molar refractivity (Wildman–Crippen MR) is 67.0 cm³/mol. The van der Waals surface area contributed by atoms with Gasteiger partial charge < -0.3 is 5.73 Å². The first kappa shape index (κ1) is 13.0. The summed E-state index contributed by atoms with van der Waals surface area (Å²) in [4.78, 5) is 2.71. The van der Waals surface area contributed by atoms with E-state index in [2.05, 4.69) is 25.7 Å². The molecule has 1 atom stereocenters. The van der Waals surface area contributed by atoms with Gasteiger partial charge in [0.15, 0.2) is 0 Å². The lowest BCUT2D eigenvalue weighted by atomic mass is 9.89. The fourth-order valence-electron chi connectivity index (χ4n) is 2.69. The molecule has 1 rings (SSSR count). The van der Waals surface area contributed by atoms with Crippen molar-refractivity contribution in [2.45, 2.75) is 77.4 Å². The SMILES string of the molecule is CCCN(C(C)CC)C1CCC(N)CC1. The van der Waals surface area contributed by atoms with Crippen molar-refractivity contribution < 1.29 is 0 Å². The highest BCUT2D eigenvalue weighted by Crippen LogP contribution is 2.24. The van der Waals surface area contributed by atoms with Crippen LogP contribution < -0.4 is 5.73 Å². The highest BCUT2D eigenvalue weighted by atomic mass is 15.2. The summed E-state index contributed by atoms with van der Waals surface area (Å²) in [5.74, 6) is 0. The Morgan fingerprint density at radius 1 is 1.20 bits per heavy atom. The van der Waals surface area contributed by atoms with Crippen molar-refractivity contribution in [1.29, 1.82) is 0 Å². The highest BCUT2D eigenvalue weighted by Gasteiger charge is 2.25. The highest BCUT2D eigenvalue weighted by molar-refractivity contribution is 4.83. The molecule has 0 heterocycles. The summed E-state index contributed by atoms with van der Waals surface area (Å²) in [6, 6.07) is 2.02. The molecule has 2 nitrogen and oxygen atoms in total. The Hall–Kier alpha value is -0.0800. The van der Waals surface area contributed by atoms with Crippen LogP contribution in [-0.4, -0.2) is 29.6 Å². The van der Waals surface area contributed by atoms with Gasteiger partial charge in [-0.3, -0.25) is 4.90 Å². The molecule has 1 fully saturated rings. The van der Waals surface area contributed by atoms with E-state index in [0.29, 0.717) is 6.04 Å². The first-order valence-corrected chi connectivity index (χ1v) is 6.70. The number of nitrogens with two attached hydrogens (primary N) is 1. The van der Waals surface area contributed by atoms with E-state index in [0.717, 1.165) is 12.1 Å². The van der Waals surface area contributed by atoms with Crippen LogP contribution in [0.15, 0.2) is 0 Å². The van der Waals surface area contributed by atoms with Crippen molar-refractivity contribution in [1.82, 2.24) is 4.90 Å². The third-order valence-electron chi connectivity index (χ3n) is 3.85. The van der Waals surface area contributed by atoms with Gasteiger partial charge in [0, 0.05) is 18.1 Å². The summed E-state index contributed by atoms with van der Waals surface area (Å²) in [6.07, 6.45) is 7.61. The van der Waals surface area contributed by atoms with Crippen LogP contribution in [0.2, 0.25) is 0 Å². The second kappa shape index (κ2) is 6.49. The van der Waals surface area contributed by atoms with Gasteiger partial charge in [0.25, 0.3) is 0 Å². The molecule has 1 unspecified atom stereocenters. The van der Waals surface area contributed by atoms with Crippen molar-refractivity contribution in [3.05, 3.63) is 0 Å². The molecule has 0 aromatic rings. The summed E-state index contributed by atoms with van der Waals surface area (Å²) in [6.45, 7) is 8.20. The van der Waals surface area contributed by atoms with Crippen molar-refractivity contribution in [2.24, 2.45) is 5.73 Å². The van der Waals surface area contributed by atoms with Gasteiger partial charge >= 0.3 is 0 Å². The standard InChI is InChI=1S/C13H28N2/c1-4-10-15(11(3)5-2)13-8-6-12(14)7-9-13/h11-13H,4-10,14H2,1-3H3. The summed E-state index contributed by atoms with van der Waals surface area (Å²) in [7, 11) is 0. The average molecular weight is 212 g/mol. The third kappa shape index (κ3) is 3.76. The Morgan fingerprint density at radius 3 is 2.27 bits per heavy atom. The van der Waals surface area contributed by atoms with Crippen LogP contribution in [0, 0.1) is 0 Å². The lowest BCUT2D eigenvalue weighted by Gasteiger charge is -2.39. The Morgan fingerprint density at radius 2 is 1.80 bits per heavy atom. The Bertz CT molecular complexity index is 162. The van der Waals surface area contributed by atoms with Crippen LogP contribution in [-0.2, 0) is 0 Å². The van der Waals surface area contributed by atoms with Crippen LogP contribution in [0.3, 0.4) is 0 Å². The number of hydrogen-bond acceptors (Lipinski definition) is 2. The second-order valence-electron chi connectivity index (χ2n) is 5.06. The Kier molecular flexibility index (Phi) is 5.62. The van der Waals surface area contributed by atoms with Crippen LogP contribution in [0.25, 0.3) is 0 Å². The first-order chi connectivity index (χ1) is 7.19. The number of hydrogen-bond donors (Lipinski definition) is 1. The molecule has 0 aliphatic heterocycles. The molecule has 90 valence electrons. The largest absolute Gasteiger partial charge is 0.328 e. The van der Waals surface area contributed by atoms with Crippen LogP contribution in [0.5, 0.6) is 0 Å². The number of rotatable bonds is 5. The van der Waals surface area contributed by atoms with E-state index < -0.39 is 0 Å². The van der Waals surface area contributed by atoms with Crippen molar-refractivity contribution in [3.63, 3.8) is 0 Å². The zero-order valence-corrected chi connectivity index (χ0v) is 10.7. The molecule has 1 aliphatic rings. The maximum atomic E-state index is 5.96. The molecule has 2 N–H and O–H groups in total. The Labute approximate surface area is 95.2 Å². The van der Waals surface area contributed by atoms with Crippen LogP contribution in [0.1, 0.15) is 59.3 Å². The van der Waals surface area contributed by atoms with E-state index in [4.69, 9.17) is 5.73 Å². The van der Waals surface area contributed by atoms with E-state index in [1.807, 2.05) is 0 Å². The molecule has 1 saturated carbocycles. The lowest BCUT2D eigenvalue weighted by molar-refractivity contribution is 0.105. The number of nitrogens with zero attached hydrogens (tertiary/aromatic N) is 1. The average Bonchev–Trinajstić information content (AvgIpc) is 2.26. The molecule has 1 aliphatic carbocycles. The smallest absolute Gasteiger partial charge is 0.00992 e. The normalized spacial score (nSPS) is 29.4. The van der Waals surface area contributed by atoms with E-state index >= 15 is 0 Å². The molecular formula is C13H28N2. The third-order valence-corrected chi connectivity index (χ3v) is 3.85. The van der Waals surface area contributed by atoms with E-state index in [1.165, 1.54) is 45.1 Å². The quantitative estimate of drug-likeness (QED) is 0.759. The maximum Gasteiger partial charge on any atom is 0.00992 e. The lowest BCUT2D eigenvalue weighted by Crippen LogP contribution is -2.45. The summed E-state index contributed by atoms with van der Waals surface area (Å²) >= 11 is 0. The summed E-state index contributed by atoms with van der Waals surface area (Å²) in [5.41, 5.74) is 5.96. The van der Waals surface area contributed by atoms with Gasteiger partial charge in [0.2, 0.25) is 0 Å². The minimum absolute atomic E-state index is 0.474. The molecule has 0 aromatic carbocycles. The van der Waals surface area contributed by atoms with E-state index in [1.54, 1.807) is 0 Å². The maximum absolute atomic E-state index is 5.96. The monoisotopic (exact) mass is 212 g/mol. The molecule has 2 heteroatoms. The van der Waals surface area contributed by atoms with E-state index in [9.17, 15) is 0 Å². The van der Waals surface area contributed by atoms with Crippen molar-refractivity contribution in [3.8, 4) is 0 Å². The molecular weight excluding hydrogens is 184 g/mol. The van der Waals surface area contributed by atoms with Crippen LogP contribution in [0.4, 0.5) is 0 Å². The zero-order chi connectivity index (χ0) is 11.3. The van der Waals surface area contributed by atoms with Gasteiger partial charge in [-0.15, -0.1) is 0 Å². The molecule has 0 aromatic heterocycles. The van der Waals surface area contributed by atoms with Gasteiger partial charge in [-0.2, -0.15) is 0 Å². The van der Waals surface area contributed by atoms with Crippen LogP contribution >= 0.6 is 0 Å². The zero-order valence-electron chi connectivity index (χ0n) is 10.7. The molecule has 0 amide bonds. The molecule has 0 radical (unpaired) electrons. The molecule has 0 spiro atoms. The molecule has 15 heavy (non-hydrogen) atoms. The van der Waals surface area contributed by atoms with Gasteiger partial charge in [-0.25, -0.2) is 0 Å². The van der Waals surface area contributed by atoms with Gasteiger partial charge in [-0.05, 0) is 52.0 Å². The van der Waals surface area contributed by atoms with Gasteiger partial charge in [0.1, 0.15) is 0 Å². The fourth-order valence-corrected chi connectivity index (χ4v) is 2.69. The topological polar surface area (TPSA) is 29.3 Å². The minimum atomic E-state index is 0.474. The second-order valence-corrected chi connectivity index (χ2v) is 5.06. The molecule has 0 bridgehead atoms. The van der Waals surface area contributed by atoms with Crippen molar-refractivity contribution >= 4 is 0 Å². The predicted octanol–water partition coefficient (Wildman–Crippen LogP) is 2.77. The summed E-state index contributed by atoms with van der Waals surface area (Å²) in [5, 5.41) is 0. The molecule has 0 saturated heterocycles.